The van der Waals surface area contributed by atoms with Crippen molar-refractivity contribution in [3.05, 3.63) is 53.1 Å². The van der Waals surface area contributed by atoms with E-state index in [4.69, 9.17) is 14.2 Å². The van der Waals surface area contributed by atoms with Crippen LogP contribution in [-0.4, -0.2) is 27.9 Å². The number of rotatable bonds is 6. The lowest BCUT2D eigenvalue weighted by atomic mass is 9.90. The smallest absolute Gasteiger partial charge is 0.161 e. The van der Waals surface area contributed by atoms with Crippen molar-refractivity contribution in [1.29, 1.82) is 0 Å². The quantitative estimate of drug-likeness (QED) is 0.881. The molecule has 2 aromatic rings. The number of ether oxygens (including phenoxy) is 3. The summed E-state index contributed by atoms with van der Waals surface area (Å²) in [4.78, 5) is 0. The second-order valence-corrected chi connectivity index (χ2v) is 6.05. The number of hydrogen-bond donors (Lipinski definition) is 1. The molecule has 0 saturated heterocycles. The second kappa shape index (κ2) is 7.58. The number of benzene rings is 2. The van der Waals surface area contributed by atoms with Crippen LogP contribution in [0.1, 0.15) is 29.2 Å². The first-order valence-electron chi connectivity index (χ1n) is 8.36. The van der Waals surface area contributed by atoms with E-state index >= 15 is 0 Å². The summed E-state index contributed by atoms with van der Waals surface area (Å²) in [5, 5.41) is 3.64. The van der Waals surface area contributed by atoms with E-state index in [0.29, 0.717) is 6.04 Å². The minimum atomic E-state index is 0.343. The van der Waals surface area contributed by atoms with Crippen LogP contribution in [0.3, 0.4) is 0 Å². The normalized spacial score (nSPS) is 16.4. The van der Waals surface area contributed by atoms with Gasteiger partial charge >= 0.3 is 0 Å². The number of fused-ring (bicyclic) bond motifs is 1. The Morgan fingerprint density at radius 1 is 0.958 bits per heavy atom. The molecule has 24 heavy (non-hydrogen) atoms. The zero-order valence-electron chi connectivity index (χ0n) is 14.6. The Balaban J connectivity index is 1.76. The molecule has 0 unspecified atom stereocenters. The van der Waals surface area contributed by atoms with Crippen molar-refractivity contribution in [3.8, 4) is 17.2 Å². The molecule has 0 saturated carbocycles. The van der Waals surface area contributed by atoms with Crippen LogP contribution in [0, 0.1) is 0 Å². The van der Waals surface area contributed by atoms with Gasteiger partial charge in [-0.2, -0.15) is 0 Å². The topological polar surface area (TPSA) is 39.7 Å². The Morgan fingerprint density at radius 2 is 1.67 bits per heavy atom. The van der Waals surface area contributed by atoms with Crippen molar-refractivity contribution >= 4 is 0 Å². The molecule has 3 rings (SSSR count). The Labute approximate surface area is 143 Å². The van der Waals surface area contributed by atoms with Gasteiger partial charge in [-0.1, -0.05) is 12.1 Å². The molecule has 1 aliphatic heterocycles. The van der Waals surface area contributed by atoms with E-state index in [2.05, 4.69) is 29.6 Å². The molecule has 0 aromatic heterocycles. The Morgan fingerprint density at radius 3 is 2.33 bits per heavy atom. The molecular weight excluding hydrogens is 302 g/mol. The molecule has 0 radical (unpaired) electrons. The highest BCUT2D eigenvalue weighted by molar-refractivity contribution is 5.49. The molecule has 2 aromatic carbocycles. The van der Waals surface area contributed by atoms with Crippen LogP contribution in [0.4, 0.5) is 0 Å². The highest BCUT2D eigenvalue weighted by Gasteiger charge is 2.22. The Hall–Kier alpha value is -2.20. The first-order valence-corrected chi connectivity index (χ1v) is 8.36. The van der Waals surface area contributed by atoms with E-state index < -0.39 is 0 Å². The van der Waals surface area contributed by atoms with Gasteiger partial charge in [-0.15, -0.1) is 0 Å². The van der Waals surface area contributed by atoms with Crippen molar-refractivity contribution < 1.29 is 14.2 Å². The van der Waals surface area contributed by atoms with Gasteiger partial charge in [0.2, 0.25) is 0 Å². The Kier molecular flexibility index (Phi) is 5.26. The molecule has 128 valence electrons. The molecule has 1 heterocycles. The molecule has 0 aliphatic carbocycles. The van der Waals surface area contributed by atoms with Crippen LogP contribution in [0.5, 0.6) is 17.2 Å². The van der Waals surface area contributed by atoms with Gasteiger partial charge in [0.25, 0.3) is 0 Å². The fourth-order valence-corrected chi connectivity index (χ4v) is 3.33. The lowest BCUT2D eigenvalue weighted by Crippen LogP contribution is -2.30. The van der Waals surface area contributed by atoms with Crippen molar-refractivity contribution in [2.75, 3.05) is 27.9 Å². The number of hydrogen-bond acceptors (Lipinski definition) is 4. The molecule has 4 heteroatoms. The summed E-state index contributed by atoms with van der Waals surface area (Å²) in [7, 11) is 5.07. The molecule has 0 fully saturated rings. The summed E-state index contributed by atoms with van der Waals surface area (Å²) in [6.07, 6.45) is 3.10. The van der Waals surface area contributed by atoms with E-state index in [0.717, 1.165) is 43.1 Å². The van der Waals surface area contributed by atoms with Gasteiger partial charge in [0.05, 0.1) is 21.3 Å². The van der Waals surface area contributed by atoms with Gasteiger partial charge < -0.3 is 19.5 Å². The molecule has 0 spiro atoms. The van der Waals surface area contributed by atoms with Crippen LogP contribution in [0.2, 0.25) is 0 Å². The summed E-state index contributed by atoms with van der Waals surface area (Å²) >= 11 is 0. The first kappa shape index (κ1) is 16.7. The molecule has 0 bridgehead atoms. The highest BCUT2D eigenvalue weighted by atomic mass is 16.5. The van der Waals surface area contributed by atoms with Crippen LogP contribution in [0.15, 0.2) is 36.4 Å². The van der Waals surface area contributed by atoms with Gasteiger partial charge in [-0.3, -0.25) is 0 Å². The van der Waals surface area contributed by atoms with Crippen molar-refractivity contribution in [2.45, 2.75) is 25.3 Å². The fourth-order valence-electron chi connectivity index (χ4n) is 3.33. The molecule has 1 N–H and O–H groups in total. The van der Waals surface area contributed by atoms with Crippen molar-refractivity contribution in [3.63, 3.8) is 0 Å². The van der Waals surface area contributed by atoms with Crippen LogP contribution in [0.25, 0.3) is 0 Å². The van der Waals surface area contributed by atoms with E-state index in [1.807, 2.05) is 12.1 Å². The van der Waals surface area contributed by atoms with Gasteiger partial charge in [0, 0.05) is 6.04 Å². The third kappa shape index (κ3) is 3.49. The maximum absolute atomic E-state index is 5.47. The molecule has 1 atom stereocenters. The van der Waals surface area contributed by atoms with Crippen molar-refractivity contribution in [2.24, 2.45) is 0 Å². The van der Waals surface area contributed by atoms with Gasteiger partial charge in [-0.25, -0.2) is 0 Å². The third-order valence-corrected chi connectivity index (χ3v) is 4.69. The van der Waals surface area contributed by atoms with Gasteiger partial charge in [-0.05, 0) is 66.8 Å². The second-order valence-electron chi connectivity index (χ2n) is 6.05. The Bertz CT molecular complexity index is 682. The minimum Gasteiger partial charge on any atom is -0.497 e. The van der Waals surface area contributed by atoms with E-state index in [1.165, 1.54) is 16.7 Å². The predicted molar refractivity (Wildman–Crippen MR) is 95.3 cm³/mol. The predicted octanol–water partition coefficient (Wildman–Crippen LogP) is 3.53. The molecule has 1 aliphatic rings. The SMILES string of the molecule is COc1ccc(CC[C@H]2NCCc3cc(OC)c(OC)cc32)cc1. The molecular formula is C20H25NO3. The summed E-state index contributed by atoms with van der Waals surface area (Å²) < 4.78 is 16.1. The third-order valence-electron chi connectivity index (χ3n) is 4.69. The van der Waals surface area contributed by atoms with E-state index in [1.54, 1.807) is 21.3 Å². The van der Waals surface area contributed by atoms with E-state index in [-0.39, 0.29) is 0 Å². The van der Waals surface area contributed by atoms with Crippen LogP contribution in [-0.2, 0) is 12.8 Å². The average molecular weight is 327 g/mol. The lowest BCUT2D eigenvalue weighted by Gasteiger charge is -2.28. The maximum atomic E-state index is 5.47. The average Bonchev–Trinajstić information content (AvgIpc) is 2.65. The monoisotopic (exact) mass is 327 g/mol. The van der Waals surface area contributed by atoms with Gasteiger partial charge in [0.1, 0.15) is 5.75 Å². The first-order chi connectivity index (χ1) is 11.7. The summed E-state index contributed by atoms with van der Waals surface area (Å²) in [6.45, 7) is 0.996. The number of nitrogens with one attached hydrogen (secondary N) is 1. The standard InChI is InChI=1S/C20H25NO3/c1-22-16-7-4-14(5-8-16)6-9-18-17-13-20(24-3)19(23-2)12-15(17)10-11-21-18/h4-5,7-8,12-13,18,21H,6,9-11H2,1-3H3/t18-/m1/s1. The highest BCUT2D eigenvalue weighted by Crippen LogP contribution is 2.36. The number of aryl methyl sites for hydroxylation is 1. The molecule has 4 nitrogen and oxygen atoms in total. The van der Waals surface area contributed by atoms with Crippen molar-refractivity contribution in [1.82, 2.24) is 5.32 Å². The zero-order valence-corrected chi connectivity index (χ0v) is 14.6. The number of methoxy groups -OCH3 is 3. The lowest BCUT2D eigenvalue weighted by molar-refractivity contribution is 0.351. The maximum Gasteiger partial charge on any atom is 0.161 e. The fraction of sp³-hybridized carbons (Fsp3) is 0.400. The summed E-state index contributed by atoms with van der Waals surface area (Å²) in [5.41, 5.74) is 4.00. The zero-order chi connectivity index (χ0) is 16.9. The minimum absolute atomic E-state index is 0.343. The molecule has 0 amide bonds. The van der Waals surface area contributed by atoms with Gasteiger partial charge in [0.15, 0.2) is 11.5 Å². The summed E-state index contributed by atoms with van der Waals surface area (Å²) in [6, 6.07) is 12.9. The largest absolute Gasteiger partial charge is 0.497 e. The van der Waals surface area contributed by atoms with Crippen LogP contribution >= 0.6 is 0 Å². The van der Waals surface area contributed by atoms with Crippen LogP contribution < -0.4 is 19.5 Å². The van der Waals surface area contributed by atoms with E-state index in [9.17, 15) is 0 Å². The summed E-state index contributed by atoms with van der Waals surface area (Å²) in [5.74, 6) is 2.51.